The third-order valence-electron chi connectivity index (χ3n) is 9.64. The van der Waals surface area contributed by atoms with E-state index in [4.69, 9.17) is 4.74 Å². The van der Waals surface area contributed by atoms with Crippen LogP contribution in [0.5, 0.6) is 5.75 Å². The number of aryl methyl sites for hydroxylation is 1. The first-order valence-corrected chi connectivity index (χ1v) is 16.9. The minimum Gasteiger partial charge on any atom is -0.497 e. The summed E-state index contributed by atoms with van der Waals surface area (Å²) in [4.78, 5) is 21.1. The Morgan fingerprint density at radius 2 is 1.50 bits per heavy atom. The van der Waals surface area contributed by atoms with E-state index in [0.717, 1.165) is 59.7 Å². The van der Waals surface area contributed by atoms with Crippen molar-refractivity contribution < 1.29 is 18.3 Å². The van der Waals surface area contributed by atoms with Gasteiger partial charge in [0.2, 0.25) is 5.91 Å². The number of ether oxygens (including phenoxy) is 1. The molecule has 48 heavy (non-hydrogen) atoms. The molecule has 0 aromatic heterocycles. The molecule has 0 bridgehead atoms. The maximum Gasteiger partial charge on any atom is 0.267 e. The summed E-state index contributed by atoms with van der Waals surface area (Å²) in [5.74, 6) is -1.97. The van der Waals surface area contributed by atoms with Crippen LogP contribution in [0.3, 0.4) is 0 Å². The monoisotopic (exact) mass is 658 g/mol. The van der Waals surface area contributed by atoms with E-state index in [1.807, 2.05) is 74.2 Å². The number of rotatable bonds is 7. The van der Waals surface area contributed by atoms with Gasteiger partial charge >= 0.3 is 0 Å². The Labute approximate surface area is 286 Å². The van der Waals surface area contributed by atoms with Gasteiger partial charge in [-0.3, -0.25) is 14.6 Å². The van der Waals surface area contributed by atoms with Crippen molar-refractivity contribution in [3.05, 3.63) is 108 Å². The maximum absolute atomic E-state index is 15.3. The Morgan fingerprint density at radius 1 is 0.875 bits per heavy atom. The Bertz CT molecular complexity index is 1530. The van der Waals surface area contributed by atoms with Gasteiger partial charge in [-0.2, -0.15) is 0 Å². The lowest BCUT2D eigenvalue weighted by molar-refractivity contribution is -0.130. The van der Waals surface area contributed by atoms with E-state index in [1.54, 1.807) is 12.0 Å². The molecule has 1 unspecified atom stereocenters. The highest BCUT2D eigenvalue weighted by Crippen LogP contribution is 2.42. The first-order chi connectivity index (χ1) is 22.8. The number of benzene rings is 3. The van der Waals surface area contributed by atoms with Crippen LogP contribution in [0.1, 0.15) is 69.6 Å². The highest BCUT2D eigenvalue weighted by atomic mass is 19.3. The second-order valence-corrected chi connectivity index (χ2v) is 12.4. The van der Waals surface area contributed by atoms with Gasteiger partial charge in [-0.05, 0) is 80.3 Å². The highest BCUT2D eigenvalue weighted by molar-refractivity contribution is 5.82. The summed E-state index contributed by atoms with van der Waals surface area (Å²) >= 11 is 0. The van der Waals surface area contributed by atoms with Crippen LogP contribution in [0.25, 0.3) is 0 Å². The van der Waals surface area contributed by atoms with Crippen molar-refractivity contribution in [1.82, 2.24) is 9.80 Å². The summed E-state index contributed by atoms with van der Waals surface area (Å²) in [7, 11) is 1.63. The zero-order valence-electron chi connectivity index (χ0n) is 28.2. The molecule has 258 valence electrons. The molecule has 0 spiro atoms. The normalized spacial score (nSPS) is 20.0. The van der Waals surface area contributed by atoms with E-state index in [-0.39, 0.29) is 25.9 Å². The number of halogens is 2. The average Bonchev–Trinajstić information content (AvgIpc) is 3.10. The topological polar surface area (TPSA) is 39.3 Å². The number of likely N-dealkylation sites (tertiary alicyclic amines) is 1. The van der Waals surface area contributed by atoms with Crippen molar-refractivity contribution >= 4 is 17.3 Å². The molecule has 3 aromatic carbocycles. The third kappa shape index (κ3) is 8.11. The van der Waals surface area contributed by atoms with Gasteiger partial charge in [0.15, 0.2) is 5.82 Å². The smallest absolute Gasteiger partial charge is 0.267 e. The summed E-state index contributed by atoms with van der Waals surface area (Å²) in [5, 5.41) is 0. The molecule has 0 aliphatic carbocycles. The number of piperidine rings is 2. The zero-order chi connectivity index (χ0) is 33.6. The number of nitrogens with zero attached hydrogens (tertiary/aromatic N) is 4. The maximum atomic E-state index is 15.3. The first-order valence-electron chi connectivity index (χ1n) is 16.9. The van der Waals surface area contributed by atoms with Crippen molar-refractivity contribution in [3.8, 4) is 5.75 Å². The van der Waals surface area contributed by atoms with Gasteiger partial charge < -0.3 is 14.5 Å². The third-order valence-corrected chi connectivity index (χ3v) is 9.64. The fraction of sp³-hybridized carbons (Fsp3) is 0.450. The van der Waals surface area contributed by atoms with Gasteiger partial charge in [0, 0.05) is 43.5 Å². The number of anilines is 2. The molecule has 3 aromatic rings. The summed E-state index contributed by atoms with van der Waals surface area (Å²) in [6, 6.07) is 23.9. The van der Waals surface area contributed by atoms with Crippen molar-refractivity contribution in [3.63, 3.8) is 0 Å². The molecule has 3 saturated heterocycles. The van der Waals surface area contributed by atoms with Gasteiger partial charge in [-0.25, -0.2) is 8.78 Å². The molecule has 3 aliphatic rings. The van der Waals surface area contributed by atoms with Crippen LogP contribution in [0.15, 0.2) is 90.9 Å². The number of hydrogen-bond donors (Lipinski definition) is 0. The highest BCUT2D eigenvalue weighted by Gasteiger charge is 2.46. The summed E-state index contributed by atoms with van der Waals surface area (Å²) in [6.07, 6.45) is 2.62. The largest absolute Gasteiger partial charge is 0.497 e. The van der Waals surface area contributed by atoms with Gasteiger partial charge in [-0.1, -0.05) is 75.5 Å². The van der Waals surface area contributed by atoms with E-state index in [2.05, 4.69) is 46.4 Å². The zero-order valence-corrected chi connectivity index (χ0v) is 28.2. The standard InChI is InChI=1S/C37H42F2N4O2.C2H6.CH4/c1-4-35-42(24-20-36(44)43(35)25-28-7-15-33(45-3)16-8-28)32-13-11-30(12-14-32)40-21-17-31(18-22-40)41-23-19-34(37(38,39)26-41)29-9-5-27(2)6-10-29;1-2;/h5-16,31,34H,1,17-26H2,2-3H3;1-2H3;1H4. The predicted molar refractivity (Wildman–Crippen MR) is 193 cm³/mol. The Morgan fingerprint density at radius 3 is 2.08 bits per heavy atom. The van der Waals surface area contributed by atoms with Crippen LogP contribution >= 0.6 is 0 Å². The molecular weight excluding hydrogens is 606 g/mol. The molecule has 1 atom stereocenters. The molecular formula is C40H52F2N4O2. The summed E-state index contributed by atoms with van der Waals surface area (Å²) in [5.41, 5.74) is 7.95. The molecule has 6 rings (SSSR count). The Balaban J connectivity index is 0.00000170. The second kappa shape index (κ2) is 16.3. The minimum atomic E-state index is -2.73. The van der Waals surface area contributed by atoms with E-state index < -0.39 is 11.8 Å². The lowest BCUT2D eigenvalue weighted by atomic mass is 9.84. The molecule has 8 heteroatoms. The van der Waals surface area contributed by atoms with Crippen molar-refractivity contribution in [2.75, 3.05) is 49.6 Å². The van der Waals surface area contributed by atoms with Crippen LogP contribution < -0.4 is 14.5 Å². The van der Waals surface area contributed by atoms with Crippen molar-refractivity contribution in [2.45, 2.75) is 78.3 Å². The SMILES string of the molecule is C.C=C=C1N(Cc2ccc(OC)cc2)C(=O)CCN1c1ccc(N2CCC(N3CCC(c4ccc(C)cc4)C(F)(F)C3)CC2)cc1.CC. The number of amides is 1. The van der Waals surface area contributed by atoms with Gasteiger partial charge in [0.1, 0.15) is 5.75 Å². The predicted octanol–water partition coefficient (Wildman–Crippen LogP) is 8.62. The lowest BCUT2D eigenvalue weighted by Gasteiger charge is -2.45. The average molecular weight is 659 g/mol. The lowest BCUT2D eigenvalue weighted by Crippen LogP contribution is -2.54. The molecule has 3 aliphatic heterocycles. The number of methoxy groups -OCH3 is 1. The summed E-state index contributed by atoms with van der Waals surface area (Å²) < 4.78 is 35.9. The fourth-order valence-electron chi connectivity index (χ4n) is 7.05. The Kier molecular flexibility index (Phi) is 12.5. The van der Waals surface area contributed by atoms with Crippen LogP contribution in [-0.4, -0.2) is 67.5 Å². The van der Waals surface area contributed by atoms with Crippen LogP contribution in [0.4, 0.5) is 20.2 Å². The number of carbonyl (C=O) groups excluding carboxylic acids is 1. The number of carbonyl (C=O) groups is 1. The van der Waals surface area contributed by atoms with Crippen LogP contribution in [0.2, 0.25) is 0 Å². The molecule has 6 nitrogen and oxygen atoms in total. The molecule has 3 heterocycles. The summed E-state index contributed by atoms with van der Waals surface area (Å²) in [6.45, 7) is 13.1. The van der Waals surface area contributed by atoms with E-state index in [0.29, 0.717) is 38.3 Å². The molecule has 0 radical (unpaired) electrons. The van der Waals surface area contributed by atoms with Crippen molar-refractivity contribution in [1.29, 1.82) is 0 Å². The first kappa shape index (κ1) is 36.7. The Hall–Kier alpha value is -4.13. The van der Waals surface area contributed by atoms with Crippen molar-refractivity contribution in [2.24, 2.45) is 0 Å². The quantitative estimate of drug-likeness (QED) is 0.238. The van der Waals surface area contributed by atoms with Crippen LogP contribution in [-0.2, 0) is 11.3 Å². The van der Waals surface area contributed by atoms with Gasteiger partial charge in [0.25, 0.3) is 5.92 Å². The number of alkyl halides is 2. The molecule has 1 amide bonds. The molecule has 0 N–H and O–H groups in total. The van der Waals surface area contributed by atoms with Gasteiger partial charge in [-0.15, -0.1) is 0 Å². The van der Waals surface area contributed by atoms with E-state index in [9.17, 15) is 4.79 Å². The second-order valence-electron chi connectivity index (χ2n) is 12.4. The minimum absolute atomic E-state index is 0. The number of hydrogen-bond acceptors (Lipinski definition) is 5. The van der Waals surface area contributed by atoms with Crippen LogP contribution in [0, 0.1) is 6.92 Å². The van der Waals surface area contributed by atoms with E-state index >= 15 is 8.78 Å². The molecule has 3 fully saturated rings. The van der Waals surface area contributed by atoms with E-state index in [1.165, 1.54) is 0 Å². The fourth-order valence-corrected chi connectivity index (χ4v) is 7.05. The van der Waals surface area contributed by atoms with Gasteiger partial charge in [0.05, 0.1) is 26.1 Å². The molecule has 0 saturated carbocycles.